The van der Waals surface area contributed by atoms with E-state index in [1.165, 1.54) is 12.1 Å². The zero-order valence-corrected chi connectivity index (χ0v) is 19.9. The van der Waals surface area contributed by atoms with Crippen LogP contribution in [0.25, 0.3) is 22.4 Å². The molecule has 1 heterocycles. The zero-order valence-electron chi connectivity index (χ0n) is 19.1. The van der Waals surface area contributed by atoms with E-state index in [2.05, 4.69) is 9.71 Å². The van der Waals surface area contributed by atoms with E-state index in [0.717, 1.165) is 23.2 Å². The first kappa shape index (κ1) is 23.4. The van der Waals surface area contributed by atoms with Crippen LogP contribution in [0.5, 0.6) is 0 Å². The fraction of sp³-hybridized carbons (Fsp3) is 0.200. The van der Waals surface area contributed by atoms with Gasteiger partial charge in [0.2, 0.25) is 0 Å². The molecule has 1 N–H and O–H groups in total. The van der Waals surface area contributed by atoms with Crippen LogP contribution >= 0.6 is 0 Å². The highest BCUT2D eigenvalue weighted by Crippen LogP contribution is 2.27. The molecule has 3 aromatic carbocycles. The van der Waals surface area contributed by atoms with Gasteiger partial charge in [-0.25, -0.2) is 17.8 Å². The van der Waals surface area contributed by atoms with Gasteiger partial charge in [-0.2, -0.15) is 0 Å². The molecule has 0 aliphatic rings. The van der Waals surface area contributed by atoms with Crippen molar-refractivity contribution in [2.24, 2.45) is 7.05 Å². The molecular weight excluding hydrogens is 455 g/mol. The second-order valence-corrected chi connectivity index (χ2v) is 9.49. The number of anilines is 1. The Morgan fingerprint density at radius 1 is 1.00 bits per heavy atom. The summed E-state index contributed by atoms with van der Waals surface area (Å²) in [4.78, 5) is 19.0. The minimum atomic E-state index is -3.87. The van der Waals surface area contributed by atoms with Crippen LogP contribution < -0.4 is 4.72 Å². The number of rotatable bonds is 7. The van der Waals surface area contributed by atoms with E-state index in [9.17, 15) is 17.6 Å². The summed E-state index contributed by atoms with van der Waals surface area (Å²) < 4.78 is 42.8. The van der Waals surface area contributed by atoms with Gasteiger partial charge in [-0.1, -0.05) is 12.1 Å². The summed E-state index contributed by atoms with van der Waals surface area (Å²) in [5.74, 6) is 0.168. The zero-order chi connectivity index (χ0) is 24.5. The number of nitrogens with one attached hydrogen (secondary N) is 1. The fourth-order valence-electron chi connectivity index (χ4n) is 3.80. The number of aryl methyl sites for hydroxylation is 1. The van der Waals surface area contributed by atoms with Gasteiger partial charge in [0.1, 0.15) is 11.6 Å². The maximum absolute atomic E-state index is 13.1. The summed E-state index contributed by atoms with van der Waals surface area (Å²) in [6.07, 6.45) is 0. The molecule has 0 saturated carbocycles. The average Bonchev–Trinajstić information content (AvgIpc) is 3.15. The van der Waals surface area contributed by atoms with E-state index >= 15 is 0 Å². The topological polar surface area (TPSA) is 84.3 Å². The molecule has 0 fully saturated rings. The molecule has 0 saturated heterocycles. The Morgan fingerprint density at radius 3 is 2.26 bits per heavy atom. The predicted molar refractivity (Wildman–Crippen MR) is 131 cm³/mol. The Labute approximate surface area is 197 Å². The van der Waals surface area contributed by atoms with Crippen molar-refractivity contribution in [2.45, 2.75) is 18.7 Å². The first-order valence-electron chi connectivity index (χ1n) is 10.9. The van der Waals surface area contributed by atoms with Gasteiger partial charge in [-0.05, 0) is 68.4 Å². The van der Waals surface area contributed by atoms with Crippen LogP contribution in [-0.2, 0) is 17.1 Å². The molecule has 4 rings (SSSR count). The fourth-order valence-corrected chi connectivity index (χ4v) is 4.85. The van der Waals surface area contributed by atoms with E-state index < -0.39 is 15.8 Å². The number of carbonyl (C=O) groups excluding carboxylic acids is 1. The van der Waals surface area contributed by atoms with Crippen LogP contribution in [0.2, 0.25) is 0 Å². The normalized spacial score (nSPS) is 11.5. The molecule has 0 aliphatic carbocycles. The number of sulfonamides is 1. The van der Waals surface area contributed by atoms with Gasteiger partial charge in [-0.15, -0.1) is 0 Å². The van der Waals surface area contributed by atoms with Gasteiger partial charge in [-0.3, -0.25) is 9.52 Å². The van der Waals surface area contributed by atoms with Crippen LogP contribution in [0.15, 0.2) is 71.6 Å². The highest BCUT2D eigenvalue weighted by Gasteiger charge is 2.17. The Bertz CT molecular complexity index is 1440. The molecule has 0 bridgehead atoms. The molecule has 0 aliphatic heterocycles. The van der Waals surface area contributed by atoms with Crippen LogP contribution in [0, 0.1) is 5.82 Å². The quantitative estimate of drug-likeness (QED) is 0.417. The molecule has 9 heteroatoms. The van der Waals surface area contributed by atoms with E-state index in [-0.39, 0.29) is 10.8 Å². The number of imidazole rings is 1. The summed E-state index contributed by atoms with van der Waals surface area (Å²) in [6.45, 7) is 5.19. The SMILES string of the molecule is CCN(CC)C(=O)c1ccc(-c2nc3cc(NS(=O)(=O)c4ccc(F)cc4)ccc3n2C)cc1. The van der Waals surface area contributed by atoms with Crippen molar-refractivity contribution < 1.29 is 17.6 Å². The number of carbonyl (C=O) groups is 1. The van der Waals surface area contributed by atoms with Gasteiger partial charge < -0.3 is 9.47 Å². The molecule has 0 unspecified atom stereocenters. The van der Waals surface area contributed by atoms with Crippen molar-refractivity contribution in [3.63, 3.8) is 0 Å². The number of fused-ring (bicyclic) bond motifs is 1. The van der Waals surface area contributed by atoms with Gasteiger partial charge >= 0.3 is 0 Å². The number of hydrogen-bond acceptors (Lipinski definition) is 4. The molecule has 0 atom stereocenters. The van der Waals surface area contributed by atoms with Crippen molar-refractivity contribution in [3.05, 3.63) is 78.1 Å². The van der Waals surface area contributed by atoms with Crippen molar-refractivity contribution in [1.29, 1.82) is 0 Å². The van der Waals surface area contributed by atoms with Gasteiger partial charge in [0, 0.05) is 31.3 Å². The lowest BCUT2D eigenvalue weighted by Crippen LogP contribution is -2.30. The minimum Gasteiger partial charge on any atom is -0.339 e. The summed E-state index contributed by atoms with van der Waals surface area (Å²) >= 11 is 0. The van der Waals surface area contributed by atoms with Crippen molar-refractivity contribution in [3.8, 4) is 11.4 Å². The number of amides is 1. The molecule has 0 radical (unpaired) electrons. The van der Waals surface area contributed by atoms with Crippen molar-refractivity contribution in [2.75, 3.05) is 17.8 Å². The van der Waals surface area contributed by atoms with E-state index in [1.807, 2.05) is 37.6 Å². The molecule has 4 aromatic rings. The number of nitrogens with zero attached hydrogens (tertiary/aromatic N) is 3. The van der Waals surface area contributed by atoms with E-state index in [1.54, 1.807) is 35.2 Å². The largest absolute Gasteiger partial charge is 0.339 e. The molecule has 1 aromatic heterocycles. The maximum Gasteiger partial charge on any atom is 0.261 e. The van der Waals surface area contributed by atoms with Crippen LogP contribution in [0.1, 0.15) is 24.2 Å². The Hall–Kier alpha value is -3.72. The van der Waals surface area contributed by atoms with Crippen molar-refractivity contribution >= 4 is 32.7 Å². The monoisotopic (exact) mass is 480 g/mol. The Morgan fingerprint density at radius 2 is 1.65 bits per heavy atom. The van der Waals surface area contributed by atoms with Crippen molar-refractivity contribution in [1.82, 2.24) is 14.5 Å². The van der Waals surface area contributed by atoms with Crippen LogP contribution in [0.3, 0.4) is 0 Å². The molecule has 1 amide bonds. The Kier molecular flexibility index (Phi) is 6.39. The lowest BCUT2D eigenvalue weighted by Gasteiger charge is -2.18. The second-order valence-electron chi connectivity index (χ2n) is 7.81. The van der Waals surface area contributed by atoms with Gasteiger partial charge in [0.15, 0.2) is 0 Å². The predicted octanol–water partition coefficient (Wildman–Crippen LogP) is 4.66. The molecule has 176 valence electrons. The minimum absolute atomic E-state index is 0.0142. The third-order valence-electron chi connectivity index (χ3n) is 5.70. The van der Waals surface area contributed by atoms with Crippen LogP contribution in [0.4, 0.5) is 10.1 Å². The van der Waals surface area contributed by atoms with E-state index in [4.69, 9.17) is 0 Å². The standard InChI is InChI=1S/C25H25FN4O3S/c1-4-30(5-2)25(31)18-8-6-17(7-9-18)24-27-22-16-20(12-15-23(22)29(24)3)28-34(32,33)21-13-10-19(26)11-14-21/h6-16,28H,4-5H2,1-3H3. The second kappa shape index (κ2) is 9.26. The third-order valence-corrected chi connectivity index (χ3v) is 7.09. The first-order valence-corrected chi connectivity index (χ1v) is 12.4. The Balaban J connectivity index is 1.62. The molecular formula is C25H25FN4O3S. The van der Waals surface area contributed by atoms with Gasteiger partial charge in [0.05, 0.1) is 21.6 Å². The molecule has 7 nitrogen and oxygen atoms in total. The molecule has 34 heavy (non-hydrogen) atoms. The van der Waals surface area contributed by atoms with Crippen LogP contribution in [-0.4, -0.2) is 41.9 Å². The average molecular weight is 481 g/mol. The summed E-state index contributed by atoms with van der Waals surface area (Å²) in [7, 11) is -1.99. The number of aromatic nitrogens is 2. The highest BCUT2D eigenvalue weighted by molar-refractivity contribution is 7.92. The first-order chi connectivity index (χ1) is 16.2. The number of hydrogen-bond donors (Lipinski definition) is 1. The summed E-state index contributed by atoms with van der Waals surface area (Å²) in [5.41, 5.74) is 3.23. The third kappa shape index (κ3) is 4.51. The summed E-state index contributed by atoms with van der Waals surface area (Å²) in [5, 5.41) is 0. The van der Waals surface area contributed by atoms with E-state index in [0.29, 0.717) is 35.7 Å². The smallest absolute Gasteiger partial charge is 0.261 e. The number of benzene rings is 3. The highest BCUT2D eigenvalue weighted by atomic mass is 32.2. The lowest BCUT2D eigenvalue weighted by molar-refractivity contribution is 0.0773. The summed E-state index contributed by atoms with van der Waals surface area (Å²) in [6, 6.07) is 17.0. The lowest BCUT2D eigenvalue weighted by atomic mass is 10.1. The molecule has 0 spiro atoms. The van der Waals surface area contributed by atoms with Gasteiger partial charge in [0.25, 0.3) is 15.9 Å². The number of halogens is 1. The maximum atomic E-state index is 13.1.